The number of carboxylic acid groups (broad SMARTS) is 1. The molecule has 3 rings (SSSR count). The van der Waals surface area contributed by atoms with Crippen molar-refractivity contribution in [1.29, 1.82) is 0 Å². The van der Waals surface area contributed by atoms with Crippen LogP contribution < -0.4 is 0 Å². The highest BCUT2D eigenvalue weighted by Crippen LogP contribution is 2.33. The predicted octanol–water partition coefficient (Wildman–Crippen LogP) is 2.13. The zero-order valence-corrected chi connectivity index (χ0v) is 15.3. The minimum atomic E-state index is -0.829. The molecule has 0 bridgehead atoms. The molecule has 0 aromatic rings. The summed E-state index contributed by atoms with van der Waals surface area (Å²) in [5, 5.41) is 9.26. The molecular formula is C19H30N2O4. The maximum Gasteiger partial charge on any atom is 0.308 e. The Balaban J connectivity index is 1.63. The highest BCUT2D eigenvalue weighted by molar-refractivity contribution is 5.90. The second kappa shape index (κ2) is 7.34. The van der Waals surface area contributed by atoms with Crippen LogP contribution in [0.15, 0.2) is 0 Å². The first-order valence-corrected chi connectivity index (χ1v) is 9.69. The Hall–Kier alpha value is -1.59. The lowest BCUT2D eigenvalue weighted by Crippen LogP contribution is -2.50. The Labute approximate surface area is 149 Å². The van der Waals surface area contributed by atoms with Crippen LogP contribution in [0, 0.1) is 17.8 Å². The summed E-state index contributed by atoms with van der Waals surface area (Å²) < 4.78 is 0. The third kappa shape index (κ3) is 3.82. The molecular weight excluding hydrogens is 320 g/mol. The van der Waals surface area contributed by atoms with E-state index in [0.29, 0.717) is 19.4 Å². The zero-order chi connectivity index (χ0) is 18.1. The number of carbonyl (C=O) groups excluding carboxylic acids is 2. The summed E-state index contributed by atoms with van der Waals surface area (Å²) in [6.45, 7) is 5.02. The summed E-state index contributed by atoms with van der Waals surface area (Å²) in [6.07, 6.45) is 5.99. The van der Waals surface area contributed by atoms with E-state index >= 15 is 0 Å². The van der Waals surface area contributed by atoms with Crippen molar-refractivity contribution in [3.05, 3.63) is 0 Å². The molecule has 0 radical (unpaired) electrons. The molecule has 1 N–H and O–H groups in total. The molecule has 3 unspecified atom stereocenters. The second-order valence-electron chi connectivity index (χ2n) is 8.31. The third-order valence-corrected chi connectivity index (χ3v) is 6.45. The largest absolute Gasteiger partial charge is 0.481 e. The Kier molecular flexibility index (Phi) is 5.35. The fourth-order valence-corrected chi connectivity index (χ4v) is 4.65. The van der Waals surface area contributed by atoms with Gasteiger partial charge in [0, 0.05) is 31.6 Å². The first-order chi connectivity index (χ1) is 11.9. The van der Waals surface area contributed by atoms with Gasteiger partial charge in [-0.25, -0.2) is 0 Å². The number of hydrogen-bond donors (Lipinski definition) is 1. The quantitative estimate of drug-likeness (QED) is 0.846. The highest BCUT2D eigenvalue weighted by atomic mass is 16.4. The van der Waals surface area contributed by atoms with E-state index in [2.05, 4.69) is 6.92 Å². The fraction of sp³-hybridized carbons (Fsp3) is 0.842. The smallest absolute Gasteiger partial charge is 0.308 e. The van der Waals surface area contributed by atoms with Crippen molar-refractivity contribution in [2.24, 2.45) is 17.8 Å². The van der Waals surface area contributed by atoms with Gasteiger partial charge in [-0.15, -0.1) is 0 Å². The molecule has 2 saturated heterocycles. The average molecular weight is 350 g/mol. The summed E-state index contributed by atoms with van der Waals surface area (Å²) in [5.74, 6) is -0.815. The number of aliphatic carboxylic acids is 1. The maximum absolute atomic E-state index is 13.0. The highest BCUT2D eigenvalue weighted by Gasteiger charge is 2.42. The Morgan fingerprint density at radius 3 is 2.28 bits per heavy atom. The van der Waals surface area contributed by atoms with Crippen LogP contribution in [0.1, 0.15) is 58.8 Å². The molecule has 0 aromatic carbocycles. The molecule has 0 spiro atoms. The van der Waals surface area contributed by atoms with Crippen LogP contribution >= 0.6 is 0 Å². The van der Waals surface area contributed by atoms with Gasteiger partial charge in [0.05, 0.1) is 11.8 Å². The molecule has 3 fully saturated rings. The van der Waals surface area contributed by atoms with Gasteiger partial charge in [-0.2, -0.15) is 0 Å². The van der Waals surface area contributed by atoms with Crippen LogP contribution in [0.2, 0.25) is 0 Å². The van der Waals surface area contributed by atoms with Crippen LogP contribution in [0.3, 0.4) is 0 Å². The Morgan fingerprint density at radius 2 is 1.64 bits per heavy atom. The van der Waals surface area contributed by atoms with Gasteiger partial charge >= 0.3 is 5.97 Å². The summed E-state index contributed by atoms with van der Waals surface area (Å²) in [7, 11) is 0. The van der Waals surface area contributed by atoms with Gasteiger partial charge in [-0.05, 0) is 51.4 Å². The minimum Gasteiger partial charge on any atom is -0.481 e. The Bertz CT molecular complexity index is 542. The van der Waals surface area contributed by atoms with Gasteiger partial charge < -0.3 is 14.9 Å². The predicted molar refractivity (Wildman–Crippen MR) is 92.8 cm³/mol. The SMILES string of the molecule is CC1CCC(N2CC(C(=O)N3CC(C(=O)O)CCC3C)CC2=O)CC1. The summed E-state index contributed by atoms with van der Waals surface area (Å²) >= 11 is 0. The molecule has 25 heavy (non-hydrogen) atoms. The normalized spacial score (nSPS) is 36.6. The zero-order valence-electron chi connectivity index (χ0n) is 15.3. The average Bonchev–Trinajstić information content (AvgIpc) is 2.97. The van der Waals surface area contributed by atoms with Crippen molar-refractivity contribution in [3.63, 3.8) is 0 Å². The molecule has 6 heteroatoms. The van der Waals surface area contributed by atoms with Crippen LogP contribution in [-0.4, -0.2) is 57.9 Å². The third-order valence-electron chi connectivity index (χ3n) is 6.45. The van der Waals surface area contributed by atoms with Gasteiger partial charge in [0.25, 0.3) is 0 Å². The lowest BCUT2D eigenvalue weighted by molar-refractivity contribution is -0.148. The molecule has 140 valence electrons. The van der Waals surface area contributed by atoms with Crippen molar-refractivity contribution in [3.8, 4) is 0 Å². The number of nitrogens with zero attached hydrogens (tertiary/aromatic N) is 2. The molecule has 3 aliphatic rings. The van der Waals surface area contributed by atoms with E-state index in [-0.39, 0.29) is 42.8 Å². The first kappa shape index (κ1) is 18.2. The minimum absolute atomic E-state index is 0.0292. The van der Waals surface area contributed by atoms with Crippen molar-refractivity contribution < 1.29 is 19.5 Å². The number of likely N-dealkylation sites (tertiary alicyclic amines) is 2. The van der Waals surface area contributed by atoms with E-state index < -0.39 is 11.9 Å². The molecule has 1 aliphatic carbocycles. The second-order valence-corrected chi connectivity index (χ2v) is 8.31. The van der Waals surface area contributed by atoms with Gasteiger partial charge in [0.15, 0.2) is 0 Å². The molecule has 6 nitrogen and oxygen atoms in total. The Morgan fingerprint density at radius 1 is 0.960 bits per heavy atom. The molecule has 2 aliphatic heterocycles. The monoisotopic (exact) mass is 350 g/mol. The van der Waals surface area contributed by atoms with Crippen LogP contribution in [-0.2, 0) is 14.4 Å². The number of hydrogen-bond acceptors (Lipinski definition) is 3. The maximum atomic E-state index is 13.0. The molecule has 1 saturated carbocycles. The number of amides is 2. The number of carbonyl (C=O) groups is 3. The van der Waals surface area contributed by atoms with E-state index in [9.17, 15) is 19.5 Å². The number of piperidine rings is 1. The lowest BCUT2D eigenvalue weighted by atomic mass is 9.86. The van der Waals surface area contributed by atoms with Gasteiger partial charge in [-0.3, -0.25) is 14.4 Å². The van der Waals surface area contributed by atoms with E-state index in [4.69, 9.17) is 0 Å². The first-order valence-electron chi connectivity index (χ1n) is 9.69. The van der Waals surface area contributed by atoms with E-state index in [1.54, 1.807) is 4.90 Å². The van der Waals surface area contributed by atoms with Gasteiger partial charge in [-0.1, -0.05) is 6.92 Å². The molecule has 3 atom stereocenters. The molecule has 2 amide bonds. The van der Waals surface area contributed by atoms with Crippen LogP contribution in [0.5, 0.6) is 0 Å². The standard InChI is InChI=1S/C19H30N2O4/c1-12-3-7-16(8-4-12)21-11-15(9-17(21)22)18(23)20-10-14(19(24)25)6-5-13(20)2/h12-16H,3-11H2,1-2H3,(H,24,25). The molecule has 2 heterocycles. The number of carboxylic acids is 1. The van der Waals surface area contributed by atoms with E-state index in [1.807, 2.05) is 11.8 Å². The van der Waals surface area contributed by atoms with Crippen molar-refractivity contribution in [1.82, 2.24) is 9.80 Å². The van der Waals surface area contributed by atoms with Crippen molar-refractivity contribution in [2.75, 3.05) is 13.1 Å². The van der Waals surface area contributed by atoms with Crippen LogP contribution in [0.4, 0.5) is 0 Å². The van der Waals surface area contributed by atoms with Gasteiger partial charge in [0.2, 0.25) is 11.8 Å². The van der Waals surface area contributed by atoms with Gasteiger partial charge in [0.1, 0.15) is 0 Å². The summed E-state index contributed by atoms with van der Waals surface area (Å²) in [5.41, 5.74) is 0. The van der Waals surface area contributed by atoms with Crippen LogP contribution in [0.25, 0.3) is 0 Å². The van der Waals surface area contributed by atoms with Crippen molar-refractivity contribution in [2.45, 2.75) is 70.9 Å². The lowest BCUT2D eigenvalue weighted by Gasteiger charge is -2.38. The van der Waals surface area contributed by atoms with E-state index in [0.717, 1.165) is 31.6 Å². The summed E-state index contributed by atoms with van der Waals surface area (Å²) in [4.78, 5) is 40.4. The molecule has 0 aromatic heterocycles. The number of rotatable bonds is 3. The topological polar surface area (TPSA) is 77.9 Å². The van der Waals surface area contributed by atoms with E-state index in [1.165, 1.54) is 0 Å². The van der Waals surface area contributed by atoms with Crippen molar-refractivity contribution >= 4 is 17.8 Å². The summed E-state index contributed by atoms with van der Waals surface area (Å²) in [6, 6.07) is 0.342. The fourth-order valence-electron chi connectivity index (χ4n) is 4.65.